The van der Waals surface area contributed by atoms with E-state index in [2.05, 4.69) is 6.58 Å². The second-order valence-electron chi connectivity index (χ2n) is 4.02. The Balaban J connectivity index is 2.32. The molecule has 2 heteroatoms. The normalized spacial score (nSPS) is 11.9. The monoisotopic (exact) mass is 236 g/mol. The van der Waals surface area contributed by atoms with Crippen LogP contribution in [-0.2, 0) is 6.42 Å². The molecule has 0 radical (unpaired) electrons. The lowest BCUT2D eigenvalue weighted by atomic mass is 10.1. The molecule has 0 aliphatic carbocycles. The first-order chi connectivity index (χ1) is 8.14. The van der Waals surface area contributed by atoms with Crippen molar-refractivity contribution in [2.75, 3.05) is 0 Å². The lowest BCUT2D eigenvalue weighted by Gasteiger charge is -2.09. The van der Waals surface area contributed by atoms with Crippen LogP contribution in [0.3, 0.4) is 0 Å². The van der Waals surface area contributed by atoms with Gasteiger partial charge in [-0.2, -0.15) is 0 Å². The molecule has 0 aliphatic rings. The van der Waals surface area contributed by atoms with Crippen molar-refractivity contribution in [3.63, 3.8) is 0 Å². The van der Waals surface area contributed by atoms with Crippen molar-refractivity contribution < 1.29 is 8.78 Å². The molecular formula is C15H18F2. The Hall–Kier alpha value is -1.44. The summed E-state index contributed by atoms with van der Waals surface area (Å²) < 4.78 is 26.4. The predicted molar refractivity (Wildman–Crippen MR) is 68.3 cm³/mol. The Bertz CT molecular complexity index is 352. The Kier molecular flexibility index (Phi) is 5.61. The molecule has 0 bridgehead atoms. The Morgan fingerprint density at radius 1 is 1.12 bits per heavy atom. The van der Waals surface area contributed by atoms with Crippen molar-refractivity contribution in [2.45, 2.75) is 31.6 Å². The zero-order valence-corrected chi connectivity index (χ0v) is 9.91. The van der Waals surface area contributed by atoms with Crippen molar-refractivity contribution >= 4 is 0 Å². The third kappa shape index (κ3) is 6.00. The van der Waals surface area contributed by atoms with Gasteiger partial charge >= 0.3 is 0 Å². The number of allylic oxidation sites excluding steroid dienone is 3. The van der Waals surface area contributed by atoms with Gasteiger partial charge in [-0.15, -0.1) is 6.58 Å². The van der Waals surface area contributed by atoms with Gasteiger partial charge in [-0.25, -0.2) is 8.78 Å². The molecule has 0 unspecified atom stereocenters. The van der Waals surface area contributed by atoms with Gasteiger partial charge in [0.1, 0.15) is 0 Å². The molecule has 0 N–H and O–H groups in total. The molecule has 0 saturated heterocycles. The van der Waals surface area contributed by atoms with E-state index in [-0.39, 0.29) is 6.42 Å². The summed E-state index contributed by atoms with van der Waals surface area (Å²) in [6.45, 7) is 3.44. The summed E-state index contributed by atoms with van der Waals surface area (Å²) in [6, 6.07) is 9.87. The first-order valence-corrected chi connectivity index (χ1v) is 5.84. The van der Waals surface area contributed by atoms with E-state index in [0.29, 0.717) is 12.8 Å². The molecule has 0 nitrogen and oxygen atoms in total. The Labute approximate surface area is 102 Å². The number of rotatable bonds is 7. The largest absolute Gasteiger partial charge is 0.266 e. The van der Waals surface area contributed by atoms with E-state index in [9.17, 15) is 8.78 Å². The molecule has 0 heterocycles. The number of hydrogen-bond donors (Lipinski definition) is 0. The standard InChI is InChI=1S/C15H18F2/c1-2-3-12-15(16,17)13-8-7-11-14-9-5-4-6-10-14/h2,4-6,8-10,13H,1,3,7,11-12H2/b13-8+. The van der Waals surface area contributed by atoms with Gasteiger partial charge in [0.05, 0.1) is 0 Å². The molecule has 0 spiro atoms. The van der Waals surface area contributed by atoms with Gasteiger partial charge in [0.15, 0.2) is 0 Å². The molecule has 92 valence electrons. The van der Waals surface area contributed by atoms with Crippen LogP contribution in [-0.4, -0.2) is 5.92 Å². The maximum atomic E-state index is 13.2. The van der Waals surface area contributed by atoms with Crippen LogP contribution in [0.15, 0.2) is 55.1 Å². The van der Waals surface area contributed by atoms with E-state index in [0.717, 1.165) is 12.5 Å². The number of halogens is 2. The molecule has 0 saturated carbocycles. The molecule has 17 heavy (non-hydrogen) atoms. The van der Waals surface area contributed by atoms with E-state index >= 15 is 0 Å². The molecular weight excluding hydrogens is 218 g/mol. The highest BCUT2D eigenvalue weighted by Crippen LogP contribution is 2.22. The van der Waals surface area contributed by atoms with Crippen LogP contribution < -0.4 is 0 Å². The third-order valence-corrected chi connectivity index (χ3v) is 2.49. The lowest BCUT2D eigenvalue weighted by Crippen LogP contribution is -2.10. The van der Waals surface area contributed by atoms with E-state index in [1.54, 1.807) is 6.08 Å². The van der Waals surface area contributed by atoms with Gasteiger partial charge in [-0.05, 0) is 30.9 Å². The molecule has 0 aromatic heterocycles. The number of alkyl halides is 2. The minimum Gasteiger partial charge on any atom is -0.202 e. The second-order valence-corrected chi connectivity index (χ2v) is 4.02. The SMILES string of the molecule is C=CCCC(F)(F)/C=C/CCc1ccccc1. The molecule has 0 amide bonds. The van der Waals surface area contributed by atoms with Crippen molar-refractivity contribution in [2.24, 2.45) is 0 Å². The topological polar surface area (TPSA) is 0 Å². The second kappa shape index (κ2) is 7.00. The highest BCUT2D eigenvalue weighted by molar-refractivity contribution is 5.15. The van der Waals surface area contributed by atoms with Crippen molar-refractivity contribution in [1.29, 1.82) is 0 Å². The van der Waals surface area contributed by atoms with Crippen LogP contribution >= 0.6 is 0 Å². The average Bonchev–Trinajstić information content (AvgIpc) is 2.34. The van der Waals surface area contributed by atoms with Crippen molar-refractivity contribution in [1.82, 2.24) is 0 Å². The lowest BCUT2D eigenvalue weighted by molar-refractivity contribution is 0.0465. The van der Waals surface area contributed by atoms with Crippen molar-refractivity contribution in [3.8, 4) is 0 Å². The average molecular weight is 236 g/mol. The van der Waals surface area contributed by atoms with Gasteiger partial charge in [-0.3, -0.25) is 0 Å². The third-order valence-electron chi connectivity index (χ3n) is 2.49. The molecule has 0 fully saturated rings. The molecule has 1 aromatic carbocycles. The van der Waals surface area contributed by atoms with Gasteiger partial charge in [-0.1, -0.05) is 42.5 Å². The predicted octanol–water partition coefficient (Wildman–Crippen LogP) is 4.78. The number of benzene rings is 1. The first kappa shape index (κ1) is 13.6. The zero-order valence-electron chi connectivity index (χ0n) is 9.91. The molecule has 0 atom stereocenters. The zero-order chi connectivity index (χ0) is 12.6. The smallest absolute Gasteiger partial charge is 0.202 e. The van der Waals surface area contributed by atoms with Crippen molar-refractivity contribution in [3.05, 3.63) is 60.7 Å². The fourth-order valence-electron chi connectivity index (χ4n) is 1.53. The van der Waals surface area contributed by atoms with E-state index in [1.807, 2.05) is 30.3 Å². The summed E-state index contributed by atoms with van der Waals surface area (Å²) in [5.74, 6) is -2.70. The highest BCUT2D eigenvalue weighted by Gasteiger charge is 2.22. The fourth-order valence-corrected chi connectivity index (χ4v) is 1.53. The summed E-state index contributed by atoms with van der Waals surface area (Å²) in [5, 5.41) is 0. The minimum absolute atomic E-state index is 0.154. The minimum atomic E-state index is -2.70. The van der Waals surface area contributed by atoms with Crippen LogP contribution in [0.1, 0.15) is 24.8 Å². The highest BCUT2D eigenvalue weighted by atomic mass is 19.3. The fraction of sp³-hybridized carbons (Fsp3) is 0.333. The van der Waals surface area contributed by atoms with Crippen LogP contribution in [0.5, 0.6) is 0 Å². The summed E-state index contributed by atoms with van der Waals surface area (Å²) in [5.41, 5.74) is 1.17. The quantitative estimate of drug-likeness (QED) is 0.598. The summed E-state index contributed by atoms with van der Waals surface area (Å²) in [6.07, 6.45) is 5.73. The van der Waals surface area contributed by atoms with Gasteiger partial charge < -0.3 is 0 Å². The van der Waals surface area contributed by atoms with E-state index < -0.39 is 5.92 Å². The summed E-state index contributed by atoms with van der Waals surface area (Å²) in [7, 11) is 0. The molecule has 1 rings (SSSR count). The van der Waals surface area contributed by atoms with Gasteiger partial charge in [0.25, 0.3) is 5.92 Å². The Morgan fingerprint density at radius 3 is 2.47 bits per heavy atom. The maximum Gasteiger partial charge on any atom is 0.266 e. The number of aryl methyl sites for hydroxylation is 1. The van der Waals surface area contributed by atoms with E-state index in [1.165, 1.54) is 11.6 Å². The maximum absolute atomic E-state index is 13.2. The van der Waals surface area contributed by atoms with Crippen LogP contribution in [0, 0.1) is 0 Å². The van der Waals surface area contributed by atoms with Gasteiger partial charge in [0, 0.05) is 6.42 Å². The van der Waals surface area contributed by atoms with Crippen LogP contribution in [0.4, 0.5) is 8.78 Å². The first-order valence-electron chi connectivity index (χ1n) is 5.84. The molecule has 1 aromatic rings. The van der Waals surface area contributed by atoms with E-state index in [4.69, 9.17) is 0 Å². The summed E-state index contributed by atoms with van der Waals surface area (Å²) >= 11 is 0. The van der Waals surface area contributed by atoms with Gasteiger partial charge in [0.2, 0.25) is 0 Å². The van der Waals surface area contributed by atoms with Crippen LogP contribution in [0.25, 0.3) is 0 Å². The Morgan fingerprint density at radius 2 is 1.82 bits per heavy atom. The summed E-state index contributed by atoms with van der Waals surface area (Å²) in [4.78, 5) is 0. The van der Waals surface area contributed by atoms with Crippen LogP contribution in [0.2, 0.25) is 0 Å². The molecule has 0 aliphatic heterocycles. The number of hydrogen-bond acceptors (Lipinski definition) is 0.